The molecule has 1 atom stereocenters. The van der Waals surface area contributed by atoms with Gasteiger partial charge >= 0.3 is 0 Å². The average molecular weight is 267 g/mol. The van der Waals surface area contributed by atoms with Crippen molar-refractivity contribution < 1.29 is 4.74 Å². The van der Waals surface area contributed by atoms with Crippen LogP contribution in [-0.2, 0) is 4.74 Å². The highest BCUT2D eigenvalue weighted by Gasteiger charge is 2.37. The smallest absolute Gasteiger partial charge is 0.0822 e. The Labute approximate surface area is 113 Å². The molecule has 2 fully saturated rings. The van der Waals surface area contributed by atoms with E-state index in [-0.39, 0.29) is 0 Å². The zero-order chi connectivity index (χ0) is 12.4. The maximum atomic E-state index is 6.25. The number of piperidine rings is 1. The highest BCUT2D eigenvalue weighted by molar-refractivity contribution is 6.33. The van der Waals surface area contributed by atoms with Crippen molar-refractivity contribution in [3.63, 3.8) is 0 Å². The predicted octanol–water partition coefficient (Wildman–Crippen LogP) is 3.13. The van der Waals surface area contributed by atoms with Crippen LogP contribution in [0.1, 0.15) is 25.7 Å². The van der Waals surface area contributed by atoms with Crippen LogP contribution in [-0.4, -0.2) is 31.3 Å². The summed E-state index contributed by atoms with van der Waals surface area (Å²) in [7, 11) is 0. The number of anilines is 1. The Morgan fingerprint density at radius 3 is 3.00 bits per heavy atom. The van der Waals surface area contributed by atoms with Gasteiger partial charge in [0.05, 0.1) is 17.3 Å². The summed E-state index contributed by atoms with van der Waals surface area (Å²) < 4.78 is 5.71. The number of halogens is 1. The van der Waals surface area contributed by atoms with Crippen molar-refractivity contribution in [3.05, 3.63) is 23.5 Å². The van der Waals surface area contributed by atoms with Crippen molar-refractivity contribution in [2.24, 2.45) is 5.41 Å². The molecule has 0 aliphatic carbocycles. The molecule has 0 N–H and O–H groups in total. The Hall–Kier alpha value is -0.800. The summed E-state index contributed by atoms with van der Waals surface area (Å²) in [6.45, 7) is 3.99. The fourth-order valence-electron chi connectivity index (χ4n) is 3.27. The molecule has 1 aromatic rings. The van der Waals surface area contributed by atoms with Crippen molar-refractivity contribution in [1.82, 2.24) is 4.98 Å². The van der Waals surface area contributed by atoms with Crippen molar-refractivity contribution >= 4 is 17.3 Å². The Bertz CT molecular complexity index is 413. The maximum absolute atomic E-state index is 6.25. The zero-order valence-corrected chi connectivity index (χ0v) is 11.3. The molecule has 2 aliphatic heterocycles. The summed E-state index contributed by atoms with van der Waals surface area (Å²) in [5.41, 5.74) is 1.47. The zero-order valence-electron chi connectivity index (χ0n) is 10.6. The minimum atomic E-state index is 0.350. The quantitative estimate of drug-likeness (QED) is 0.781. The predicted molar refractivity (Wildman–Crippen MR) is 73.2 cm³/mol. The summed E-state index contributed by atoms with van der Waals surface area (Å²) >= 11 is 6.25. The van der Waals surface area contributed by atoms with Gasteiger partial charge in [-0.25, -0.2) is 0 Å². The molecule has 0 saturated carbocycles. The van der Waals surface area contributed by atoms with Gasteiger partial charge in [-0.2, -0.15) is 0 Å². The second-order valence-corrected chi connectivity index (χ2v) is 5.92. The standard InChI is InChI=1S/C14H19ClN2O/c15-12-9-16-6-3-13(12)17-7-1-4-14(10-17)5-2-8-18-11-14/h3,6,9H,1-2,4-5,7-8,10-11H2/t14-/m1/s1. The van der Waals surface area contributed by atoms with Crippen LogP contribution in [0.4, 0.5) is 5.69 Å². The molecule has 0 amide bonds. The van der Waals surface area contributed by atoms with Crippen LogP contribution in [0.5, 0.6) is 0 Å². The molecule has 1 aromatic heterocycles. The molecule has 18 heavy (non-hydrogen) atoms. The summed E-state index contributed by atoms with van der Waals surface area (Å²) in [6, 6.07) is 2.02. The van der Waals surface area contributed by atoms with Gasteiger partial charge < -0.3 is 9.64 Å². The second kappa shape index (κ2) is 5.06. The molecule has 0 unspecified atom stereocenters. The molecule has 3 nitrogen and oxygen atoms in total. The molecule has 2 aliphatic rings. The lowest BCUT2D eigenvalue weighted by Crippen LogP contribution is -2.47. The third-order valence-electron chi connectivity index (χ3n) is 4.16. The molecule has 0 radical (unpaired) electrons. The van der Waals surface area contributed by atoms with E-state index in [1.54, 1.807) is 6.20 Å². The van der Waals surface area contributed by atoms with Crippen molar-refractivity contribution in [1.29, 1.82) is 0 Å². The van der Waals surface area contributed by atoms with E-state index in [1.807, 2.05) is 12.3 Å². The van der Waals surface area contributed by atoms with Gasteiger partial charge in [0, 0.05) is 37.5 Å². The molecular formula is C14H19ClN2O. The lowest BCUT2D eigenvalue weighted by Gasteiger charge is -2.45. The third kappa shape index (κ3) is 2.34. The number of aromatic nitrogens is 1. The summed E-state index contributed by atoms with van der Waals surface area (Å²) in [5, 5.41) is 0.756. The van der Waals surface area contributed by atoms with Crippen LogP contribution in [0.3, 0.4) is 0 Å². The van der Waals surface area contributed by atoms with E-state index in [9.17, 15) is 0 Å². The van der Waals surface area contributed by atoms with E-state index in [0.717, 1.165) is 37.0 Å². The van der Waals surface area contributed by atoms with E-state index in [0.29, 0.717) is 5.41 Å². The van der Waals surface area contributed by atoms with E-state index >= 15 is 0 Å². The van der Waals surface area contributed by atoms with Gasteiger partial charge in [0.25, 0.3) is 0 Å². The van der Waals surface area contributed by atoms with Gasteiger partial charge in [-0.1, -0.05) is 11.6 Å². The van der Waals surface area contributed by atoms with Gasteiger partial charge in [0.15, 0.2) is 0 Å². The molecule has 98 valence electrons. The van der Waals surface area contributed by atoms with Crippen LogP contribution < -0.4 is 4.90 Å². The monoisotopic (exact) mass is 266 g/mol. The lowest BCUT2D eigenvalue weighted by atomic mass is 9.76. The number of hydrogen-bond donors (Lipinski definition) is 0. The molecule has 4 heteroatoms. The van der Waals surface area contributed by atoms with Gasteiger partial charge in [-0.15, -0.1) is 0 Å². The minimum absolute atomic E-state index is 0.350. The maximum Gasteiger partial charge on any atom is 0.0822 e. The van der Waals surface area contributed by atoms with E-state index < -0.39 is 0 Å². The average Bonchev–Trinajstić information content (AvgIpc) is 2.40. The second-order valence-electron chi connectivity index (χ2n) is 5.51. The topological polar surface area (TPSA) is 25.4 Å². The van der Waals surface area contributed by atoms with Gasteiger partial charge in [0.2, 0.25) is 0 Å². The first kappa shape index (κ1) is 12.2. The summed E-state index contributed by atoms with van der Waals surface area (Å²) in [6.07, 6.45) is 8.54. The fraction of sp³-hybridized carbons (Fsp3) is 0.643. The first-order valence-corrected chi connectivity index (χ1v) is 7.09. The number of rotatable bonds is 1. The molecule has 0 bridgehead atoms. The third-order valence-corrected chi connectivity index (χ3v) is 4.45. The Morgan fingerprint density at radius 1 is 1.33 bits per heavy atom. The van der Waals surface area contributed by atoms with Crippen LogP contribution in [0.25, 0.3) is 0 Å². The highest BCUT2D eigenvalue weighted by atomic mass is 35.5. The van der Waals surface area contributed by atoms with Gasteiger partial charge in [-0.3, -0.25) is 4.98 Å². The normalized spacial score (nSPS) is 28.6. The van der Waals surface area contributed by atoms with Gasteiger partial charge in [0.1, 0.15) is 0 Å². The molecule has 3 rings (SSSR count). The van der Waals surface area contributed by atoms with Gasteiger partial charge in [-0.05, 0) is 31.7 Å². The molecule has 1 spiro atoms. The van der Waals surface area contributed by atoms with Crippen LogP contribution in [0, 0.1) is 5.41 Å². The lowest BCUT2D eigenvalue weighted by molar-refractivity contribution is -0.0150. The Morgan fingerprint density at radius 2 is 2.22 bits per heavy atom. The van der Waals surface area contributed by atoms with Crippen molar-refractivity contribution in [2.45, 2.75) is 25.7 Å². The Kier molecular flexibility index (Phi) is 3.44. The first-order chi connectivity index (χ1) is 8.79. The number of ether oxygens (including phenoxy) is 1. The number of hydrogen-bond acceptors (Lipinski definition) is 3. The summed E-state index contributed by atoms with van der Waals surface area (Å²) in [4.78, 5) is 6.47. The molecule has 0 aromatic carbocycles. The molecule has 2 saturated heterocycles. The minimum Gasteiger partial charge on any atom is -0.381 e. The summed E-state index contributed by atoms with van der Waals surface area (Å²) in [5.74, 6) is 0. The van der Waals surface area contributed by atoms with Crippen molar-refractivity contribution in [3.8, 4) is 0 Å². The SMILES string of the molecule is Clc1cnccc1N1CCC[C@@]2(CCCOC2)C1. The van der Waals surface area contributed by atoms with E-state index in [2.05, 4.69) is 9.88 Å². The van der Waals surface area contributed by atoms with E-state index in [4.69, 9.17) is 16.3 Å². The largest absolute Gasteiger partial charge is 0.381 e. The van der Waals surface area contributed by atoms with Crippen LogP contribution in [0.2, 0.25) is 5.02 Å². The number of pyridine rings is 1. The number of nitrogens with zero attached hydrogens (tertiary/aromatic N) is 2. The van der Waals surface area contributed by atoms with Crippen molar-refractivity contribution in [2.75, 3.05) is 31.2 Å². The van der Waals surface area contributed by atoms with Crippen LogP contribution in [0.15, 0.2) is 18.5 Å². The van der Waals surface area contributed by atoms with Crippen LogP contribution >= 0.6 is 11.6 Å². The molecule has 3 heterocycles. The first-order valence-electron chi connectivity index (χ1n) is 6.71. The van der Waals surface area contributed by atoms with E-state index in [1.165, 1.54) is 25.7 Å². The molecular weight excluding hydrogens is 248 g/mol. The Balaban J connectivity index is 1.80. The highest BCUT2D eigenvalue weighted by Crippen LogP contribution is 2.40. The fourth-order valence-corrected chi connectivity index (χ4v) is 3.51.